The first kappa shape index (κ1) is 9.29. The molecule has 0 saturated heterocycles. The van der Waals surface area contributed by atoms with Gasteiger partial charge in [0.05, 0.1) is 0 Å². The quantitative estimate of drug-likeness (QED) is 0.651. The maximum absolute atomic E-state index is 6.11. The highest BCUT2D eigenvalue weighted by Gasteiger charge is 2.02. The van der Waals surface area contributed by atoms with E-state index in [9.17, 15) is 0 Å². The molecule has 0 aromatic heterocycles. The third-order valence-electron chi connectivity index (χ3n) is 2.12. The molecule has 0 N–H and O–H groups in total. The molecule has 0 nitrogen and oxygen atoms in total. The normalized spacial score (nSPS) is 10.1. The van der Waals surface area contributed by atoms with Crippen LogP contribution in [0.3, 0.4) is 0 Å². The highest BCUT2D eigenvalue weighted by atomic mass is 35.5. The van der Waals surface area contributed by atoms with E-state index in [1.807, 2.05) is 36.4 Å². The van der Waals surface area contributed by atoms with Crippen molar-refractivity contribution < 1.29 is 0 Å². The highest BCUT2D eigenvalue weighted by molar-refractivity contribution is 6.33. The van der Waals surface area contributed by atoms with Crippen LogP contribution in [-0.2, 0) is 0 Å². The molecule has 1 heteroatoms. The fourth-order valence-corrected chi connectivity index (χ4v) is 1.63. The van der Waals surface area contributed by atoms with Crippen LogP contribution in [0.4, 0.5) is 0 Å². The van der Waals surface area contributed by atoms with Crippen LogP contribution < -0.4 is 0 Å². The molecule has 2 rings (SSSR count). The Morgan fingerprint density at radius 2 is 2.00 bits per heavy atom. The molecule has 2 aromatic rings. The summed E-state index contributed by atoms with van der Waals surface area (Å²) in [6, 6.07) is 17.0. The molecule has 0 fully saturated rings. The largest absolute Gasteiger partial charge is 0.0837 e. The third kappa shape index (κ3) is 1.80. The van der Waals surface area contributed by atoms with Gasteiger partial charge in [0.1, 0.15) is 0 Å². The Kier molecular flexibility index (Phi) is 2.55. The van der Waals surface area contributed by atoms with Gasteiger partial charge in [0.25, 0.3) is 0 Å². The molecular formula is C13H10Cl. The van der Waals surface area contributed by atoms with E-state index >= 15 is 0 Å². The molecule has 0 spiro atoms. The van der Waals surface area contributed by atoms with Gasteiger partial charge in [-0.05, 0) is 30.7 Å². The fraction of sp³-hybridized carbons (Fsp3) is 0.0769. The Hall–Kier alpha value is -1.27. The van der Waals surface area contributed by atoms with Crippen LogP contribution in [0.25, 0.3) is 11.1 Å². The van der Waals surface area contributed by atoms with E-state index in [2.05, 4.69) is 19.1 Å². The molecule has 0 aliphatic carbocycles. The lowest BCUT2D eigenvalue weighted by Gasteiger charge is -2.04. The zero-order valence-electron chi connectivity index (χ0n) is 7.92. The molecule has 0 atom stereocenters. The number of rotatable bonds is 1. The monoisotopic (exact) mass is 201 g/mol. The van der Waals surface area contributed by atoms with Crippen molar-refractivity contribution in [3.63, 3.8) is 0 Å². The van der Waals surface area contributed by atoms with Gasteiger partial charge in [-0.3, -0.25) is 0 Å². The first-order chi connectivity index (χ1) is 6.77. The summed E-state index contributed by atoms with van der Waals surface area (Å²) in [4.78, 5) is 0. The lowest BCUT2D eigenvalue weighted by atomic mass is 10.0. The maximum atomic E-state index is 6.11. The van der Waals surface area contributed by atoms with E-state index in [0.717, 1.165) is 16.1 Å². The minimum atomic E-state index is 0.776. The van der Waals surface area contributed by atoms with Crippen molar-refractivity contribution in [3.05, 3.63) is 59.1 Å². The summed E-state index contributed by atoms with van der Waals surface area (Å²) in [5.74, 6) is 0. The molecule has 69 valence electrons. The predicted octanol–water partition coefficient (Wildman–Crippen LogP) is 4.12. The first-order valence-corrected chi connectivity index (χ1v) is 4.88. The van der Waals surface area contributed by atoms with Crippen molar-refractivity contribution in [1.82, 2.24) is 0 Å². The summed E-state index contributed by atoms with van der Waals surface area (Å²) in [6.07, 6.45) is 0. The molecule has 0 saturated carbocycles. The minimum absolute atomic E-state index is 0.776. The second-order valence-electron chi connectivity index (χ2n) is 3.26. The van der Waals surface area contributed by atoms with Crippen molar-refractivity contribution in [2.45, 2.75) is 6.92 Å². The Morgan fingerprint density at radius 3 is 2.71 bits per heavy atom. The summed E-state index contributed by atoms with van der Waals surface area (Å²) >= 11 is 6.11. The van der Waals surface area contributed by atoms with Gasteiger partial charge < -0.3 is 0 Å². The SMILES string of the molecule is Cc1ccc(Cl)c(-c2[c]cccc2)c1. The molecular weight excluding hydrogens is 192 g/mol. The van der Waals surface area contributed by atoms with Gasteiger partial charge in [-0.2, -0.15) is 0 Å². The molecule has 0 aliphatic rings. The zero-order valence-corrected chi connectivity index (χ0v) is 8.68. The Morgan fingerprint density at radius 1 is 1.14 bits per heavy atom. The van der Waals surface area contributed by atoms with E-state index in [1.165, 1.54) is 5.56 Å². The van der Waals surface area contributed by atoms with Gasteiger partial charge in [-0.1, -0.05) is 47.5 Å². The van der Waals surface area contributed by atoms with Gasteiger partial charge in [-0.15, -0.1) is 0 Å². The zero-order chi connectivity index (χ0) is 9.97. The van der Waals surface area contributed by atoms with Crippen molar-refractivity contribution in [3.8, 4) is 11.1 Å². The number of hydrogen-bond acceptors (Lipinski definition) is 0. The van der Waals surface area contributed by atoms with Crippen LogP contribution in [0.15, 0.2) is 42.5 Å². The summed E-state index contributed by atoms with van der Waals surface area (Å²) < 4.78 is 0. The molecule has 14 heavy (non-hydrogen) atoms. The van der Waals surface area contributed by atoms with Gasteiger partial charge in [0.15, 0.2) is 0 Å². The molecule has 0 heterocycles. The highest BCUT2D eigenvalue weighted by Crippen LogP contribution is 2.27. The van der Waals surface area contributed by atoms with Gasteiger partial charge in [0.2, 0.25) is 0 Å². The lowest BCUT2D eigenvalue weighted by Crippen LogP contribution is -1.81. The minimum Gasteiger partial charge on any atom is -0.0837 e. The molecule has 2 aromatic carbocycles. The first-order valence-electron chi connectivity index (χ1n) is 4.50. The van der Waals surface area contributed by atoms with E-state index in [-0.39, 0.29) is 0 Å². The summed E-state index contributed by atoms with van der Waals surface area (Å²) in [5.41, 5.74) is 3.30. The van der Waals surface area contributed by atoms with Gasteiger partial charge in [0, 0.05) is 10.6 Å². The van der Waals surface area contributed by atoms with Crippen LogP contribution in [-0.4, -0.2) is 0 Å². The van der Waals surface area contributed by atoms with Crippen LogP contribution in [0.1, 0.15) is 5.56 Å². The van der Waals surface area contributed by atoms with Crippen LogP contribution in [0, 0.1) is 13.0 Å². The Labute approximate surface area is 89.2 Å². The summed E-state index contributed by atoms with van der Waals surface area (Å²) in [7, 11) is 0. The van der Waals surface area contributed by atoms with Crippen molar-refractivity contribution in [1.29, 1.82) is 0 Å². The number of aryl methyl sites for hydroxylation is 1. The average Bonchev–Trinajstić information content (AvgIpc) is 2.23. The molecule has 0 aliphatic heterocycles. The van der Waals surface area contributed by atoms with E-state index in [0.29, 0.717) is 0 Å². The second-order valence-corrected chi connectivity index (χ2v) is 3.67. The van der Waals surface area contributed by atoms with E-state index in [4.69, 9.17) is 11.6 Å². The van der Waals surface area contributed by atoms with E-state index in [1.54, 1.807) is 0 Å². The van der Waals surface area contributed by atoms with Crippen molar-refractivity contribution in [2.24, 2.45) is 0 Å². The van der Waals surface area contributed by atoms with Crippen molar-refractivity contribution in [2.75, 3.05) is 0 Å². The smallest absolute Gasteiger partial charge is 0.0484 e. The van der Waals surface area contributed by atoms with Crippen molar-refractivity contribution >= 4 is 11.6 Å². The van der Waals surface area contributed by atoms with Crippen LogP contribution in [0.5, 0.6) is 0 Å². The summed E-state index contributed by atoms with van der Waals surface area (Å²) in [6.45, 7) is 2.06. The number of hydrogen-bond donors (Lipinski definition) is 0. The Balaban J connectivity index is 2.57. The van der Waals surface area contributed by atoms with Crippen LogP contribution >= 0.6 is 11.6 Å². The van der Waals surface area contributed by atoms with Gasteiger partial charge in [-0.25, -0.2) is 0 Å². The maximum Gasteiger partial charge on any atom is 0.0484 e. The van der Waals surface area contributed by atoms with Crippen LogP contribution in [0.2, 0.25) is 5.02 Å². The molecule has 0 unspecified atom stereocenters. The molecule has 1 radical (unpaired) electrons. The number of benzene rings is 2. The fourth-order valence-electron chi connectivity index (χ4n) is 1.41. The lowest BCUT2D eigenvalue weighted by molar-refractivity contribution is 1.46. The standard InChI is InChI=1S/C13H10Cl/c1-10-7-8-13(14)12(9-10)11-5-3-2-4-6-11/h2-5,7-9H,1H3. The Bertz CT molecular complexity index is 432. The molecule has 0 bridgehead atoms. The van der Waals surface area contributed by atoms with E-state index < -0.39 is 0 Å². The second kappa shape index (κ2) is 3.85. The third-order valence-corrected chi connectivity index (χ3v) is 2.45. The number of halogens is 1. The predicted molar refractivity (Wildman–Crippen MR) is 60.5 cm³/mol. The summed E-state index contributed by atoms with van der Waals surface area (Å²) in [5, 5.41) is 0.776. The van der Waals surface area contributed by atoms with Gasteiger partial charge >= 0.3 is 0 Å². The topological polar surface area (TPSA) is 0 Å². The average molecular weight is 202 g/mol. The molecule has 0 amide bonds.